The number of nitrogens with zero attached hydrogens (tertiary/aromatic N) is 2. The maximum absolute atomic E-state index is 13.0. The Morgan fingerprint density at radius 2 is 2.03 bits per heavy atom. The van der Waals surface area contributed by atoms with E-state index in [4.69, 9.17) is 4.74 Å². The van der Waals surface area contributed by atoms with Crippen molar-refractivity contribution in [1.82, 2.24) is 14.7 Å². The van der Waals surface area contributed by atoms with Gasteiger partial charge >= 0.3 is 0 Å². The first-order valence-electron chi connectivity index (χ1n) is 9.40. The zero-order valence-electron chi connectivity index (χ0n) is 16.2. The standard InChI is InChI=1S/C22H21N3O3S/c1-14(8-9-15-6-4-3-5-7-15)24-20(26)17-13-23-22-25(21(17)27)18-11-10-16(28-2)12-19(18)29-22/h3-7,10-14H,8-9H2,1-2H3,(H,24,26). The average molecular weight is 407 g/mol. The summed E-state index contributed by atoms with van der Waals surface area (Å²) in [6.07, 6.45) is 3.01. The van der Waals surface area contributed by atoms with Crippen LogP contribution in [0.1, 0.15) is 29.3 Å². The summed E-state index contributed by atoms with van der Waals surface area (Å²) >= 11 is 1.39. The summed E-state index contributed by atoms with van der Waals surface area (Å²) in [6.45, 7) is 1.94. The zero-order chi connectivity index (χ0) is 20.4. The molecular formula is C22H21N3O3S. The minimum Gasteiger partial charge on any atom is -0.497 e. The molecule has 0 bridgehead atoms. The third kappa shape index (κ3) is 3.86. The van der Waals surface area contributed by atoms with Crippen LogP contribution in [0.5, 0.6) is 5.75 Å². The zero-order valence-corrected chi connectivity index (χ0v) is 17.0. The van der Waals surface area contributed by atoms with Gasteiger partial charge in [-0.05, 0) is 43.5 Å². The van der Waals surface area contributed by atoms with Crippen LogP contribution in [0, 0.1) is 0 Å². The molecule has 2 aromatic heterocycles. The highest BCUT2D eigenvalue weighted by atomic mass is 32.1. The minimum atomic E-state index is -0.398. The number of ether oxygens (including phenoxy) is 1. The predicted octanol–water partition coefficient (Wildman–Crippen LogP) is 3.67. The molecule has 0 aliphatic heterocycles. The Balaban J connectivity index is 1.56. The van der Waals surface area contributed by atoms with E-state index < -0.39 is 5.91 Å². The topological polar surface area (TPSA) is 72.7 Å². The molecule has 0 aliphatic rings. The number of carbonyl (C=O) groups excluding carboxylic acids is 1. The normalized spacial score (nSPS) is 12.2. The van der Waals surface area contributed by atoms with Gasteiger partial charge in [-0.25, -0.2) is 4.98 Å². The maximum atomic E-state index is 13.0. The Bertz CT molecular complexity index is 1230. The van der Waals surface area contributed by atoms with Gasteiger partial charge in [0.1, 0.15) is 11.3 Å². The SMILES string of the molecule is COc1ccc2c(c1)sc1ncc(C(=O)NC(C)CCc3ccccc3)c(=O)n12. The van der Waals surface area contributed by atoms with Crippen LogP contribution < -0.4 is 15.6 Å². The molecule has 6 nitrogen and oxygen atoms in total. The molecule has 2 heterocycles. The number of hydrogen-bond acceptors (Lipinski definition) is 5. The lowest BCUT2D eigenvalue weighted by Gasteiger charge is -2.13. The van der Waals surface area contributed by atoms with Crippen molar-refractivity contribution in [2.24, 2.45) is 0 Å². The quantitative estimate of drug-likeness (QED) is 0.529. The number of fused-ring (bicyclic) bond motifs is 3. The Hall–Kier alpha value is -3.19. The van der Waals surface area contributed by atoms with Crippen molar-refractivity contribution < 1.29 is 9.53 Å². The molecule has 4 rings (SSSR count). The van der Waals surface area contributed by atoms with Crippen molar-refractivity contribution >= 4 is 32.4 Å². The highest BCUT2D eigenvalue weighted by Crippen LogP contribution is 2.27. The second kappa shape index (κ2) is 8.05. The molecule has 29 heavy (non-hydrogen) atoms. The van der Waals surface area contributed by atoms with Gasteiger partial charge in [-0.15, -0.1) is 0 Å². The number of aryl methyl sites for hydroxylation is 1. The lowest BCUT2D eigenvalue weighted by Crippen LogP contribution is -2.37. The van der Waals surface area contributed by atoms with E-state index in [9.17, 15) is 9.59 Å². The number of methoxy groups -OCH3 is 1. The van der Waals surface area contributed by atoms with Crippen LogP contribution in [-0.4, -0.2) is 28.4 Å². The maximum Gasteiger partial charge on any atom is 0.271 e. The second-order valence-corrected chi connectivity index (χ2v) is 7.94. The lowest BCUT2D eigenvalue weighted by atomic mass is 10.1. The van der Waals surface area contributed by atoms with Crippen molar-refractivity contribution in [1.29, 1.82) is 0 Å². The van der Waals surface area contributed by atoms with Gasteiger partial charge in [0.15, 0.2) is 4.96 Å². The first-order valence-corrected chi connectivity index (χ1v) is 10.2. The smallest absolute Gasteiger partial charge is 0.271 e. The molecule has 0 aliphatic carbocycles. The van der Waals surface area contributed by atoms with E-state index in [1.807, 2.05) is 37.3 Å². The molecule has 1 unspecified atom stereocenters. The molecule has 1 amide bonds. The molecule has 0 spiro atoms. The van der Waals surface area contributed by atoms with Crippen LogP contribution in [0.15, 0.2) is 59.5 Å². The molecule has 1 atom stereocenters. The van der Waals surface area contributed by atoms with E-state index >= 15 is 0 Å². The van der Waals surface area contributed by atoms with E-state index in [0.717, 1.165) is 23.1 Å². The summed E-state index contributed by atoms with van der Waals surface area (Å²) in [6, 6.07) is 15.5. The summed E-state index contributed by atoms with van der Waals surface area (Å²) in [4.78, 5) is 30.6. The largest absolute Gasteiger partial charge is 0.497 e. The van der Waals surface area contributed by atoms with Crippen molar-refractivity contribution in [3.63, 3.8) is 0 Å². The van der Waals surface area contributed by atoms with Crippen LogP contribution in [0.25, 0.3) is 15.2 Å². The lowest BCUT2D eigenvalue weighted by molar-refractivity contribution is 0.0936. The Morgan fingerprint density at radius 1 is 1.24 bits per heavy atom. The van der Waals surface area contributed by atoms with Crippen LogP contribution >= 0.6 is 11.3 Å². The van der Waals surface area contributed by atoms with Gasteiger partial charge in [-0.2, -0.15) is 0 Å². The first kappa shape index (κ1) is 19.1. The molecule has 4 aromatic rings. The third-order valence-electron chi connectivity index (χ3n) is 4.87. The third-order valence-corrected chi connectivity index (χ3v) is 5.89. The number of aromatic nitrogens is 2. The van der Waals surface area contributed by atoms with Gasteiger partial charge in [0.05, 0.1) is 17.3 Å². The molecule has 2 aromatic carbocycles. The number of benzene rings is 2. The number of carbonyl (C=O) groups is 1. The summed E-state index contributed by atoms with van der Waals surface area (Å²) < 4.78 is 7.61. The summed E-state index contributed by atoms with van der Waals surface area (Å²) in [5, 5.41) is 2.92. The van der Waals surface area contributed by atoms with E-state index in [1.54, 1.807) is 13.2 Å². The molecule has 7 heteroatoms. The van der Waals surface area contributed by atoms with Gasteiger partial charge in [-0.3, -0.25) is 14.0 Å². The fourth-order valence-electron chi connectivity index (χ4n) is 3.27. The summed E-state index contributed by atoms with van der Waals surface area (Å²) in [5.41, 5.74) is 1.62. The predicted molar refractivity (Wildman–Crippen MR) is 115 cm³/mol. The number of hydrogen-bond donors (Lipinski definition) is 1. The molecule has 0 saturated carbocycles. The highest BCUT2D eigenvalue weighted by molar-refractivity contribution is 7.23. The van der Waals surface area contributed by atoms with Gasteiger partial charge < -0.3 is 10.1 Å². The van der Waals surface area contributed by atoms with Crippen LogP contribution in [-0.2, 0) is 6.42 Å². The summed E-state index contributed by atoms with van der Waals surface area (Å²) in [7, 11) is 1.60. The fourth-order valence-corrected chi connectivity index (χ4v) is 4.28. The second-order valence-electron chi connectivity index (χ2n) is 6.93. The molecular weight excluding hydrogens is 386 g/mol. The monoisotopic (exact) mass is 407 g/mol. The van der Waals surface area contributed by atoms with Crippen molar-refractivity contribution in [2.45, 2.75) is 25.8 Å². The van der Waals surface area contributed by atoms with E-state index in [-0.39, 0.29) is 17.2 Å². The minimum absolute atomic E-state index is 0.0459. The Kier molecular flexibility index (Phi) is 5.31. The molecule has 1 N–H and O–H groups in total. The highest BCUT2D eigenvalue weighted by Gasteiger charge is 2.18. The number of nitrogens with one attached hydrogen (secondary N) is 1. The molecule has 0 fully saturated rings. The molecule has 0 saturated heterocycles. The van der Waals surface area contributed by atoms with Gasteiger partial charge in [0.2, 0.25) is 0 Å². The van der Waals surface area contributed by atoms with E-state index in [2.05, 4.69) is 22.4 Å². The van der Waals surface area contributed by atoms with Gasteiger partial charge in [0, 0.05) is 12.2 Å². The Labute approximate surface area is 171 Å². The Morgan fingerprint density at radius 3 is 2.79 bits per heavy atom. The van der Waals surface area contributed by atoms with E-state index in [1.165, 1.54) is 27.5 Å². The fraction of sp³-hybridized carbons (Fsp3) is 0.227. The van der Waals surface area contributed by atoms with Crippen LogP contribution in [0.3, 0.4) is 0 Å². The van der Waals surface area contributed by atoms with Crippen LogP contribution in [0.2, 0.25) is 0 Å². The van der Waals surface area contributed by atoms with Gasteiger partial charge in [-0.1, -0.05) is 41.7 Å². The van der Waals surface area contributed by atoms with Crippen molar-refractivity contribution in [2.75, 3.05) is 7.11 Å². The van der Waals surface area contributed by atoms with Crippen molar-refractivity contribution in [3.8, 4) is 5.75 Å². The molecule has 148 valence electrons. The first-order chi connectivity index (χ1) is 14.1. The number of rotatable bonds is 6. The van der Waals surface area contributed by atoms with Crippen LogP contribution in [0.4, 0.5) is 0 Å². The number of thiazole rings is 1. The molecule has 0 radical (unpaired) electrons. The summed E-state index contributed by atoms with van der Waals surface area (Å²) in [5.74, 6) is 0.313. The van der Waals surface area contributed by atoms with E-state index in [0.29, 0.717) is 10.7 Å². The van der Waals surface area contributed by atoms with Crippen molar-refractivity contribution in [3.05, 3.63) is 76.2 Å². The number of amides is 1. The van der Waals surface area contributed by atoms with Gasteiger partial charge in [0.25, 0.3) is 11.5 Å². The average Bonchev–Trinajstić information content (AvgIpc) is 3.11.